The third-order valence-electron chi connectivity index (χ3n) is 3.41. The second kappa shape index (κ2) is 5.55. The number of fused-ring (bicyclic) bond motifs is 1. The van der Waals surface area contributed by atoms with E-state index in [1.165, 1.54) is 11.1 Å². The number of benzene rings is 2. The molecule has 0 aliphatic heterocycles. The molecule has 3 heteroatoms. The summed E-state index contributed by atoms with van der Waals surface area (Å²) in [5, 5.41) is 1.73. The Balaban J connectivity index is 2.45. The first-order valence-corrected chi connectivity index (χ1v) is 7.71. The van der Waals surface area contributed by atoms with Crippen molar-refractivity contribution in [2.24, 2.45) is 0 Å². The van der Waals surface area contributed by atoms with Crippen LogP contribution in [0.25, 0.3) is 22.0 Å². The van der Waals surface area contributed by atoms with E-state index in [0.29, 0.717) is 5.15 Å². The van der Waals surface area contributed by atoms with Crippen LogP contribution < -0.4 is 0 Å². The summed E-state index contributed by atoms with van der Waals surface area (Å²) in [6.07, 6.45) is 0.860. The fraction of sp³-hybridized carbons (Fsp3) is 0.118. The van der Waals surface area contributed by atoms with Crippen LogP contribution in [0.15, 0.2) is 53.0 Å². The van der Waals surface area contributed by atoms with Crippen molar-refractivity contribution in [2.45, 2.75) is 13.3 Å². The van der Waals surface area contributed by atoms with Gasteiger partial charge in [0, 0.05) is 9.86 Å². The van der Waals surface area contributed by atoms with Gasteiger partial charge in [-0.3, -0.25) is 0 Å². The van der Waals surface area contributed by atoms with Crippen LogP contribution in [0.2, 0.25) is 5.15 Å². The molecule has 3 rings (SSSR count). The van der Waals surface area contributed by atoms with Crippen molar-refractivity contribution in [2.75, 3.05) is 0 Å². The molecule has 0 unspecified atom stereocenters. The largest absolute Gasteiger partial charge is 0.236 e. The second-order valence-electron chi connectivity index (χ2n) is 4.64. The Morgan fingerprint density at radius 1 is 1.10 bits per heavy atom. The molecule has 0 saturated heterocycles. The Bertz CT molecular complexity index is 769. The molecule has 0 saturated carbocycles. The molecule has 0 bridgehead atoms. The number of pyridine rings is 1. The highest BCUT2D eigenvalue weighted by Crippen LogP contribution is 2.36. The molecule has 100 valence electrons. The van der Waals surface area contributed by atoms with Crippen molar-refractivity contribution in [3.05, 3.63) is 63.7 Å². The molecule has 1 heterocycles. The molecular weight excluding hydrogens is 334 g/mol. The van der Waals surface area contributed by atoms with E-state index in [4.69, 9.17) is 11.6 Å². The van der Waals surface area contributed by atoms with Crippen molar-refractivity contribution in [3.8, 4) is 11.1 Å². The standard InChI is InChI=1S/C17H13BrClN/c1-2-13-16(11-6-4-3-5-7-11)14-10-12(18)8-9-15(14)20-17(13)19/h3-10H,2H2,1H3. The lowest BCUT2D eigenvalue weighted by Gasteiger charge is -2.14. The topological polar surface area (TPSA) is 12.9 Å². The summed E-state index contributed by atoms with van der Waals surface area (Å²) in [6.45, 7) is 2.11. The van der Waals surface area contributed by atoms with Gasteiger partial charge >= 0.3 is 0 Å². The van der Waals surface area contributed by atoms with Gasteiger partial charge in [0.25, 0.3) is 0 Å². The molecule has 0 amide bonds. The van der Waals surface area contributed by atoms with E-state index in [2.05, 4.69) is 46.0 Å². The smallest absolute Gasteiger partial charge is 0.133 e. The zero-order chi connectivity index (χ0) is 14.1. The fourth-order valence-electron chi connectivity index (χ4n) is 2.50. The van der Waals surface area contributed by atoms with Crippen LogP contribution in [0.4, 0.5) is 0 Å². The number of aromatic nitrogens is 1. The molecule has 2 aromatic carbocycles. The number of halogens is 2. The van der Waals surface area contributed by atoms with E-state index in [1.54, 1.807) is 0 Å². The predicted molar refractivity (Wildman–Crippen MR) is 89.3 cm³/mol. The lowest BCUT2D eigenvalue weighted by atomic mass is 9.95. The molecule has 0 aliphatic rings. The monoisotopic (exact) mass is 345 g/mol. The highest BCUT2D eigenvalue weighted by Gasteiger charge is 2.14. The van der Waals surface area contributed by atoms with E-state index in [0.717, 1.165) is 27.4 Å². The first-order chi connectivity index (χ1) is 9.70. The molecule has 0 N–H and O–H groups in total. The summed E-state index contributed by atoms with van der Waals surface area (Å²) in [7, 11) is 0. The van der Waals surface area contributed by atoms with Gasteiger partial charge in [-0.2, -0.15) is 0 Å². The SMILES string of the molecule is CCc1c(Cl)nc2ccc(Br)cc2c1-c1ccccc1. The number of hydrogen-bond acceptors (Lipinski definition) is 1. The summed E-state index contributed by atoms with van der Waals surface area (Å²) < 4.78 is 1.05. The Kier molecular flexibility index (Phi) is 3.77. The van der Waals surface area contributed by atoms with Crippen molar-refractivity contribution < 1.29 is 0 Å². The van der Waals surface area contributed by atoms with Crippen molar-refractivity contribution in [1.82, 2.24) is 4.98 Å². The highest BCUT2D eigenvalue weighted by atomic mass is 79.9. The van der Waals surface area contributed by atoms with Gasteiger partial charge in [0.2, 0.25) is 0 Å². The average Bonchev–Trinajstić information content (AvgIpc) is 2.47. The Labute approximate surface area is 131 Å². The third kappa shape index (κ3) is 2.34. The third-order valence-corrected chi connectivity index (χ3v) is 4.22. The van der Waals surface area contributed by atoms with Gasteiger partial charge in [0.15, 0.2) is 0 Å². The van der Waals surface area contributed by atoms with E-state index in [1.807, 2.05) is 30.3 Å². The number of nitrogens with zero attached hydrogens (tertiary/aromatic N) is 1. The summed E-state index contributed by atoms with van der Waals surface area (Å²) >= 11 is 9.92. The van der Waals surface area contributed by atoms with Crippen LogP contribution in [0.1, 0.15) is 12.5 Å². The van der Waals surface area contributed by atoms with Gasteiger partial charge in [0.05, 0.1) is 5.52 Å². The van der Waals surface area contributed by atoms with E-state index in [9.17, 15) is 0 Å². The maximum absolute atomic E-state index is 6.38. The predicted octanol–water partition coefficient (Wildman–Crippen LogP) is 5.88. The normalized spacial score (nSPS) is 10.9. The molecule has 0 aliphatic carbocycles. The van der Waals surface area contributed by atoms with Crippen LogP contribution in [0, 0.1) is 0 Å². The minimum atomic E-state index is 0.598. The summed E-state index contributed by atoms with van der Waals surface area (Å²) in [5.41, 5.74) is 4.39. The quantitative estimate of drug-likeness (QED) is 0.528. The molecule has 0 radical (unpaired) electrons. The van der Waals surface area contributed by atoms with Gasteiger partial charge in [-0.1, -0.05) is 64.8 Å². The molecule has 20 heavy (non-hydrogen) atoms. The summed E-state index contributed by atoms with van der Waals surface area (Å²) in [4.78, 5) is 4.52. The van der Waals surface area contributed by atoms with Gasteiger partial charge in [-0.25, -0.2) is 4.98 Å². The van der Waals surface area contributed by atoms with E-state index in [-0.39, 0.29) is 0 Å². The van der Waals surface area contributed by atoms with Crippen LogP contribution in [-0.2, 0) is 6.42 Å². The summed E-state index contributed by atoms with van der Waals surface area (Å²) in [6, 6.07) is 16.5. The molecular formula is C17H13BrClN. The Morgan fingerprint density at radius 3 is 2.55 bits per heavy atom. The van der Waals surface area contributed by atoms with Gasteiger partial charge in [-0.05, 0) is 41.3 Å². The van der Waals surface area contributed by atoms with Crippen LogP contribution in [0.3, 0.4) is 0 Å². The fourth-order valence-corrected chi connectivity index (χ4v) is 3.18. The van der Waals surface area contributed by atoms with E-state index < -0.39 is 0 Å². The van der Waals surface area contributed by atoms with Crippen LogP contribution in [0.5, 0.6) is 0 Å². The maximum Gasteiger partial charge on any atom is 0.133 e. The van der Waals surface area contributed by atoms with Crippen LogP contribution >= 0.6 is 27.5 Å². The van der Waals surface area contributed by atoms with E-state index >= 15 is 0 Å². The lowest BCUT2D eigenvalue weighted by Crippen LogP contribution is -1.95. The second-order valence-corrected chi connectivity index (χ2v) is 5.91. The van der Waals surface area contributed by atoms with Crippen molar-refractivity contribution in [1.29, 1.82) is 0 Å². The minimum Gasteiger partial charge on any atom is -0.236 e. The molecule has 0 fully saturated rings. The maximum atomic E-state index is 6.38. The average molecular weight is 347 g/mol. The van der Waals surface area contributed by atoms with Crippen molar-refractivity contribution in [3.63, 3.8) is 0 Å². The van der Waals surface area contributed by atoms with Crippen molar-refractivity contribution >= 4 is 38.4 Å². The molecule has 1 nitrogen and oxygen atoms in total. The molecule has 1 aromatic heterocycles. The van der Waals surface area contributed by atoms with Crippen LogP contribution in [-0.4, -0.2) is 4.98 Å². The molecule has 0 atom stereocenters. The zero-order valence-electron chi connectivity index (χ0n) is 11.0. The Morgan fingerprint density at radius 2 is 1.85 bits per heavy atom. The van der Waals surface area contributed by atoms with Gasteiger partial charge in [0.1, 0.15) is 5.15 Å². The summed E-state index contributed by atoms with van der Waals surface area (Å²) in [5.74, 6) is 0. The molecule has 0 spiro atoms. The lowest BCUT2D eigenvalue weighted by molar-refractivity contribution is 1.12. The molecule has 3 aromatic rings. The van der Waals surface area contributed by atoms with Gasteiger partial charge < -0.3 is 0 Å². The highest BCUT2D eigenvalue weighted by molar-refractivity contribution is 9.10. The first-order valence-electron chi connectivity index (χ1n) is 6.53. The number of hydrogen-bond donors (Lipinski definition) is 0. The van der Waals surface area contributed by atoms with Gasteiger partial charge in [-0.15, -0.1) is 0 Å². The first kappa shape index (κ1) is 13.6. The number of rotatable bonds is 2. The Hall–Kier alpha value is -1.38. The zero-order valence-corrected chi connectivity index (χ0v) is 13.4. The minimum absolute atomic E-state index is 0.598.